The molecule has 4 aliphatic heterocycles. The molecule has 0 aromatic carbocycles. The van der Waals surface area contributed by atoms with Crippen molar-refractivity contribution in [3.63, 3.8) is 0 Å². The standard InChI is InChI=1S/C21H24FN7O2/c22-14-8-13(9-23-10-14)16-2-1-5-28(16)17-4-7-29-19-18(25-17)21(19,12-24-29)26-20(31)27-6-3-15(30)11-27/h4,7-10,12,15-16,18-19,30H,1-3,5-6,11H2,(H,26,31)/t15-,16+,18?,19?,21?/m0/s1. The molecule has 0 spiro atoms. The van der Waals surface area contributed by atoms with Crippen LogP contribution in [0.25, 0.3) is 0 Å². The number of carbonyl (C=O) groups excluding carboxylic acids is 1. The number of β-amino-alcohol motifs (C(OH)–C–C–N with tert-alkyl or cyclic N) is 1. The number of aromatic nitrogens is 1. The van der Waals surface area contributed by atoms with Crippen LogP contribution in [0, 0.1) is 5.82 Å². The molecule has 2 N–H and O–H groups in total. The fourth-order valence-electron chi connectivity index (χ4n) is 5.30. The van der Waals surface area contributed by atoms with E-state index in [1.807, 2.05) is 17.3 Å². The summed E-state index contributed by atoms with van der Waals surface area (Å²) in [5.41, 5.74) is 0.219. The number of urea groups is 1. The molecule has 5 heterocycles. The van der Waals surface area contributed by atoms with E-state index in [0.717, 1.165) is 30.8 Å². The maximum Gasteiger partial charge on any atom is 0.318 e. The minimum absolute atomic E-state index is 0.0205. The Morgan fingerprint density at radius 1 is 1.29 bits per heavy atom. The van der Waals surface area contributed by atoms with Crippen LogP contribution in [0.5, 0.6) is 0 Å². The third kappa shape index (κ3) is 2.92. The first-order valence-corrected chi connectivity index (χ1v) is 10.8. The fraction of sp³-hybridized carbons (Fsp3) is 0.524. The number of fused-ring (bicyclic) bond motifs is 1. The van der Waals surface area contributed by atoms with Crippen LogP contribution in [0.2, 0.25) is 0 Å². The van der Waals surface area contributed by atoms with Gasteiger partial charge in [-0.15, -0.1) is 0 Å². The number of aliphatic hydroxyl groups excluding tert-OH is 1. The van der Waals surface area contributed by atoms with E-state index in [-0.39, 0.29) is 30.0 Å². The van der Waals surface area contributed by atoms with Gasteiger partial charge in [0.2, 0.25) is 0 Å². The average Bonchev–Trinajstić information content (AvgIpc) is 3.19. The maximum atomic E-state index is 13.8. The monoisotopic (exact) mass is 425 g/mol. The second-order valence-corrected chi connectivity index (χ2v) is 8.86. The van der Waals surface area contributed by atoms with Crippen molar-refractivity contribution in [2.45, 2.75) is 49.0 Å². The predicted molar refractivity (Wildman–Crippen MR) is 111 cm³/mol. The van der Waals surface area contributed by atoms with Gasteiger partial charge in [-0.3, -0.25) is 15.0 Å². The molecule has 10 heteroatoms. The summed E-state index contributed by atoms with van der Waals surface area (Å²) >= 11 is 0. The van der Waals surface area contributed by atoms with Gasteiger partial charge in [-0.25, -0.2) is 9.18 Å². The Morgan fingerprint density at radius 2 is 2.19 bits per heavy atom. The molecule has 0 bridgehead atoms. The molecule has 0 radical (unpaired) electrons. The highest BCUT2D eigenvalue weighted by Gasteiger charge is 2.72. The number of carbonyl (C=O) groups is 1. The molecular weight excluding hydrogens is 401 g/mol. The number of pyridine rings is 1. The first kappa shape index (κ1) is 18.7. The second kappa shape index (κ2) is 6.74. The minimum atomic E-state index is -0.629. The molecule has 9 nitrogen and oxygen atoms in total. The molecule has 3 fully saturated rings. The summed E-state index contributed by atoms with van der Waals surface area (Å²) in [6.45, 7) is 1.72. The van der Waals surface area contributed by atoms with Gasteiger partial charge in [0.15, 0.2) is 0 Å². The van der Waals surface area contributed by atoms with Crippen LogP contribution in [0.1, 0.15) is 30.9 Å². The summed E-state index contributed by atoms with van der Waals surface area (Å²) in [6.07, 6.45) is 10.6. The van der Waals surface area contributed by atoms with E-state index in [2.05, 4.69) is 20.3 Å². The van der Waals surface area contributed by atoms with E-state index < -0.39 is 11.6 Å². The molecule has 1 saturated carbocycles. The lowest BCUT2D eigenvalue weighted by Crippen LogP contribution is -2.48. The summed E-state index contributed by atoms with van der Waals surface area (Å²) in [4.78, 5) is 25.6. The summed E-state index contributed by atoms with van der Waals surface area (Å²) in [7, 11) is 0. The molecule has 31 heavy (non-hydrogen) atoms. The molecule has 6 rings (SSSR count). The van der Waals surface area contributed by atoms with Crippen molar-refractivity contribution in [3.8, 4) is 0 Å². The van der Waals surface area contributed by atoms with Gasteiger partial charge in [-0.05, 0) is 37.0 Å². The topological polar surface area (TPSA) is 96.7 Å². The SMILES string of the molecule is O=C(NC12C=NN3C=CC(N4CCC[C@@H]4c4cncc(F)c4)=NC1C32)N1CC[C@H](O)C1. The highest BCUT2D eigenvalue weighted by molar-refractivity contribution is 5.97. The zero-order valence-electron chi connectivity index (χ0n) is 16.9. The molecule has 1 aromatic heterocycles. The Hall–Kier alpha value is -3.01. The average molecular weight is 425 g/mol. The zero-order valence-corrected chi connectivity index (χ0v) is 16.9. The van der Waals surface area contributed by atoms with E-state index in [1.165, 1.54) is 6.20 Å². The Bertz CT molecular complexity index is 1010. The van der Waals surface area contributed by atoms with Gasteiger partial charge in [0.1, 0.15) is 29.3 Å². The second-order valence-electron chi connectivity index (χ2n) is 8.86. The van der Waals surface area contributed by atoms with Crippen molar-refractivity contribution in [3.05, 3.63) is 42.1 Å². The zero-order chi connectivity index (χ0) is 21.2. The number of halogens is 1. The largest absolute Gasteiger partial charge is 0.391 e. The first-order chi connectivity index (χ1) is 15.0. The van der Waals surface area contributed by atoms with E-state index >= 15 is 0 Å². The minimum Gasteiger partial charge on any atom is -0.391 e. The number of hydrogen-bond donors (Lipinski definition) is 2. The lowest BCUT2D eigenvalue weighted by atomic mass is 10.1. The van der Waals surface area contributed by atoms with E-state index in [0.29, 0.717) is 19.5 Å². The van der Waals surface area contributed by atoms with Crippen molar-refractivity contribution in [2.75, 3.05) is 19.6 Å². The van der Waals surface area contributed by atoms with E-state index in [4.69, 9.17) is 4.99 Å². The molecule has 1 aliphatic carbocycles. The van der Waals surface area contributed by atoms with E-state index in [9.17, 15) is 14.3 Å². The van der Waals surface area contributed by atoms with Crippen molar-refractivity contribution < 1.29 is 14.3 Å². The van der Waals surface area contributed by atoms with Crippen molar-refractivity contribution in [2.24, 2.45) is 10.1 Å². The predicted octanol–water partition coefficient (Wildman–Crippen LogP) is 0.851. The Kier molecular flexibility index (Phi) is 4.08. The molecule has 3 unspecified atom stereocenters. The number of aliphatic imine (C=N–C) groups is 1. The number of likely N-dealkylation sites (tertiary alicyclic amines) is 2. The summed E-state index contributed by atoms with van der Waals surface area (Å²) < 4.78 is 13.8. The lowest BCUT2D eigenvalue weighted by Gasteiger charge is -2.27. The van der Waals surface area contributed by atoms with Gasteiger partial charge in [-0.1, -0.05) is 0 Å². The summed E-state index contributed by atoms with van der Waals surface area (Å²) in [6, 6.07) is 1.18. The Labute approximate surface area is 178 Å². The molecule has 2 amide bonds. The van der Waals surface area contributed by atoms with Crippen LogP contribution in [-0.4, -0.2) is 86.3 Å². The van der Waals surface area contributed by atoms with Gasteiger partial charge in [0, 0.05) is 32.0 Å². The smallest absolute Gasteiger partial charge is 0.318 e. The van der Waals surface area contributed by atoms with Gasteiger partial charge in [0.25, 0.3) is 0 Å². The van der Waals surface area contributed by atoms with Crippen molar-refractivity contribution >= 4 is 18.1 Å². The van der Waals surface area contributed by atoms with Gasteiger partial charge in [-0.2, -0.15) is 5.10 Å². The summed E-state index contributed by atoms with van der Waals surface area (Å²) in [5, 5.41) is 19.2. The number of rotatable bonds is 2. The van der Waals surface area contributed by atoms with Crippen LogP contribution >= 0.6 is 0 Å². The van der Waals surface area contributed by atoms with Crippen LogP contribution in [0.3, 0.4) is 0 Å². The van der Waals surface area contributed by atoms with E-state index in [1.54, 1.807) is 23.4 Å². The summed E-state index contributed by atoms with van der Waals surface area (Å²) in [5.74, 6) is 0.485. The third-order valence-corrected chi connectivity index (χ3v) is 6.94. The highest BCUT2D eigenvalue weighted by atomic mass is 19.1. The third-order valence-electron chi connectivity index (χ3n) is 6.94. The Morgan fingerprint density at radius 3 is 3.00 bits per heavy atom. The molecule has 162 valence electrons. The maximum absolute atomic E-state index is 13.8. The lowest BCUT2D eigenvalue weighted by molar-refractivity contribution is 0.170. The van der Waals surface area contributed by atoms with Crippen molar-refractivity contribution in [1.82, 2.24) is 25.1 Å². The quantitative estimate of drug-likeness (QED) is 0.733. The number of aliphatic hydroxyl groups is 1. The molecule has 5 atom stereocenters. The highest BCUT2D eigenvalue weighted by Crippen LogP contribution is 2.48. The number of amides is 2. The molecule has 1 aromatic rings. The van der Waals surface area contributed by atoms with Crippen LogP contribution in [-0.2, 0) is 0 Å². The fourth-order valence-corrected chi connectivity index (χ4v) is 5.30. The van der Waals surface area contributed by atoms with Gasteiger partial charge in [0.05, 0.1) is 24.6 Å². The number of nitrogens with zero attached hydrogens (tertiary/aromatic N) is 6. The number of nitrogens with one attached hydrogen (secondary N) is 1. The number of amidine groups is 1. The number of hydrogen-bond acceptors (Lipinski definition) is 7. The molecular formula is C21H24FN7O2. The van der Waals surface area contributed by atoms with Crippen molar-refractivity contribution in [1.29, 1.82) is 0 Å². The van der Waals surface area contributed by atoms with Gasteiger partial charge < -0.3 is 20.2 Å². The van der Waals surface area contributed by atoms with Crippen LogP contribution in [0.4, 0.5) is 9.18 Å². The Balaban J connectivity index is 1.24. The molecule has 2 saturated heterocycles. The first-order valence-electron chi connectivity index (χ1n) is 10.8. The number of hydrazone groups is 1. The molecule has 5 aliphatic rings. The van der Waals surface area contributed by atoms with Gasteiger partial charge >= 0.3 is 6.03 Å². The van der Waals surface area contributed by atoms with Crippen LogP contribution in [0.15, 0.2) is 40.8 Å². The normalized spacial score (nSPS) is 35.3. The van der Waals surface area contributed by atoms with Crippen LogP contribution < -0.4 is 5.32 Å².